The lowest BCUT2D eigenvalue weighted by Gasteiger charge is -2.05. The molecule has 1 aromatic rings. The first-order valence-corrected chi connectivity index (χ1v) is 4.35. The van der Waals surface area contributed by atoms with Crippen LogP contribution < -0.4 is 4.74 Å². The van der Waals surface area contributed by atoms with Gasteiger partial charge in [0, 0.05) is 5.56 Å². The predicted octanol–water partition coefficient (Wildman–Crippen LogP) is 2.99. The van der Waals surface area contributed by atoms with Gasteiger partial charge in [-0.3, -0.25) is 0 Å². The van der Waals surface area contributed by atoms with E-state index in [0.29, 0.717) is 15.8 Å². The number of rotatable bonds is 2. The molecule has 1 unspecified atom stereocenters. The van der Waals surface area contributed by atoms with Gasteiger partial charge in [0.05, 0.1) is 11.6 Å². The summed E-state index contributed by atoms with van der Waals surface area (Å²) in [5.74, 6) is 0.619. The van der Waals surface area contributed by atoms with Gasteiger partial charge < -0.3 is 4.74 Å². The molecule has 0 N–H and O–H groups in total. The van der Waals surface area contributed by atoms with E-state index in [4.69, 9.17) is 10.00 Å². The van der Waals surface area contributed by atoms with Crippen LogP contribution in [0.5, 0.6) is 5.75 Å². The lowest BCUT2D eigenvalue weighted by Crippen LogP contribution is -1.90. The second-order valence-corrected chi connectivity index (χ2v) is 3.24. The van der Waals surface area contributed by atoms with Gasteiger partial charge in [0.25, 0.3) is 0 Å². The predicted molar refractivity (Wildman–Crippen MR) is 50.2 cm³/mol. The van der Waals surface area contributed by atoms with E-state index in [-0.39, 0.29) is 0 Å². The largest absolute Gasteiger partial charge is 0.496 e. The van der Waals surface area contributed by atoms with Crippen molar-refractivity contribution < 1.29 is 9.13 Å². The van der Waals surface area contributed by atoms with Crippen LogP contribution in [-0.4, -0.2) is 7.11 Å². The van der Waals surface area contributed by atoms with E-state index in [1.54, 1.807) is 6.07 Å². The Bertz CT molecular complexity index is 348. The molecule has 0 saturated heterocycles. The van der Waals surface area contributed by atoms with Crippen molar-refractivity contribution in [2.75, 3.05) is 7.11 Å². The average Bonchev–Trinajstić information content (AvgIpc) is 2.16. The van der Waals surface area contributed by atoms with Gasteiger partial charge in [-0.15, -0.1) is 0 Å². The van der Waals surface area contributed by atoms with Gasteiger partial charge in [0.15, 0.2) is 0 Å². The molecule has 0 spiro atoms. The smallest absolute Gasteiger partial charge is 0.211 e. The minimum absolute atomic E-state index is 0.329. The van der Waals surface area contributed by atoms with Crippen LogP contribution in [0.3, 0.4) is 0 Å². The summed E-state index contributed by atoms with van der Waals surface area (Å²) in [4.78, 5) is 0. The Morgan fingerprint density at radius 3 is 2.77 bits per heavy atom. The van der Waals surface area contributed by atoms with Gasteiger partial charge in [-0.2, -0.15) is 5.26 Å². The van der Waals surface area contributed by atoms with Crippen LogP contribution in [0.15, 0.2) is 22.7 Å². The van der Waals surface area contributed by atoms with Gasteiger partial charge in [0.2, 0.25) is 6.17 Å². The molecular formula is C9H7BrFNO. The van der Waals surface area contributed by atoms with Crippen LogP contribution in [0.1, 0.15) is 11.7 Å². The molecule has 13 heavy (non-hydrogen) atoms. The van der Waals surface area contributed by atoms with E-state index in [9.17, 15) is 4.39 Å². The molecule has 0 saturated carbocycles. The fourth-order valence-electron chi connectivity index (χ4n) is 0.915. The Kier molecular flexibility index (Phi) is 3.26. The fourth-order valence-corrected chi connectivity index (χ4v) is 1.47. The van der Waals surface area contributed by atoms with Gasteiger partial charge >= 0.3 is 0 Å². The number of halogens is 2. The number of hydrogen-bond acceptors (Lipinski definition) is 2. The third-order valence-corrected chi connectivity index (χ3v) is 2.20. The maximum absolute atomic E-state index is 12.9. The summed E-state index contributed by atoms with van der Waals surface area (Å²) in [5.41, 5.74) is 0.329. The van der Waals surface area contributed by atoms with Crippen LogP contribution in [0.25, 0.3) is 0 Å². The molecule has 0 amide bonds. The Morgan fingerprint density at radius 2 is 2.31 bits per heavy atom. The Labute approximate surface area is 84.1 Å². The van der Waals surface area contributed by atoms with Crippen molar-refractivity contribution in [3.63, 3.8) is 0 Å². The second kappa shape index (κ2) is 4.24. The maximum atomic E-state index is 12.9. The molecule has 0 aliphatic carbocycles. The number of ether oxygens (including phenoxy) is 1. The SMILES string of the molecule is COc1ccc(C(F)C#N)cc1Br. The second-order valence-electron chi connectivity index (χ2n) is 2.39. The number of nitriles is 1. The van der Waals surface area contributed by atoms with Crippen molar-refractivity contribution >= 4 is 15.9 Å². The van der Waals surface area contributed by atoms with Crippen LogP contribution in [0.2, 0.25) is 0 Å². The zero-order valence-electron chi connectivity index (χ0n) is 6.92. The Balaban J connectivity index is 3.04. The first kappa shape index (κ1) is 10.0. The normalized spacial score (nSPS) is 11.8. The monoisotopic (exact) mass is 243 g/mol. The minimum Gasteiger partial charge on any atom is -0.496 e. The Morgan fingerprint density at radius 1 is 1.62 bits per heavy atom. The summed E-state index contributed by atoms with van der Waals surface area (Å²) in [6.07, 6.45) is -1.58. The Hall–Kier alpha value is -1.08. The molecule has 1 rings (SSSR count). The van der Waals surface area contributed by atoms with Crippen molar-refractivity contribution in [3.8, 4) is 11.8 Å². The fraction of sp³-hybridized carbons (Fsp3) is 0.222. The highest BCUT2D eigenvalue weighted by atomic mass is 79.9. The molecular weight excluding hydrogens is 237 g/mol. The maximum Gasteiger partial charge on any atom is 0.211 e. The quantitative estimate of drug-likeness (QED) is 0.801. The van der Waals surface area contributed by atoms with Gasteiger partial charge in [-0.1, -0.05) is 6.07 Å². The van der Waals surface area contributed by atoms with Crippen molar-refractivity contribution in [1.82, 2.24) is 0 Å². The minimum atomic E-state index is -1.58. The molecule has 0 radical (unpaired) electrons. The van der Waals surface area contributed by atoms with Crippen molar-refractivity contribution in [2.24, 2.45) is 0 Å². The molecule has 0 aliphatic rings. The van der Waals surface area contributed by atoms with Crippen LogP contribution in [-0.2, 0) is 0 Å². The third kappa shape index (κ3) is 2.19. The highest BCUT2D eigenvalue weighted by Gasteiger charge is 2.09. The van der Waals surface area contributed by atoms with Gasteiger partial charge in [0.1, 0.15) is 11.8 Å². The van der Waals surface area contributed by atoms with Crippen LogP contribution in [0.4, 0.5) is 4.39 Å². The lowest BCUT2D eigenvalue weighted by molar-refractivity contribution is 0.407. The molecule has 0 aliphatic heterocycles. The zero-order chi connectivity index (χ0) is 9.84. The molecule has 68 valence electrons. The highest BCUT2D eigenvalue weighted by Crippen LogP contribution is 2.28. The van der Waals surface area contributed by atoms with Crippen molar-refractivity contribution in [3.05, 3.63) is 28.2 Å². The molecule has 1 aromatic carbocycles. The molecule has 0 fully saturated rings. The zero-order valence-corrected chi connectivity index (χ0v) is 8.51. The number of nitrogens with zero attached hydrogens (tertiary/aromatic N) is 1. The van der Waals surface area contributed by atoms with Crippen molar-refractivity contribution in [2.45, 2.75) is 6.17 Å². The summed E-state index contributed by atoms with van der Waals surface area (Å²) in [6.45, 7) is 0. The number of benzene rings is 1. The van der Waals surface area contributed by atoms with Crippen LogP contribution >= 0.6 is 15.9 Å². The molecule has 0 aromatic heterocycles. The molecule has 0 heterocycles. The average molecular weight is 244 g/mol. The number of alkyl halides is 1. The third-order valence-electron chi connectivity index (χ3n) is 1.58. The molecule has 2 nitrogen and oxygen atoms in total. The highest BCUT2D eigenvalue weighted by molar-refractivity contribution is 9.10. The van der Waals surface area contributed by atoms with Crippen LogP contribution in [0, 0.1) is 11.3 Å². The summed E-state index contributed by atoms with van der Waals surface area (Å²) in [6, 6.07) is 6.19. The van der Waals surface area contributed by atoms with Gasteiger partial charge in [-0.25, -0.2) is 4.39 Å². The standard InChI is InChI=1S/C9H7BrFNO/c1-13-9-3-2-6(4-7(9)10)8(11)5-12/h2-4,8H,1H3. The van der Waals surface area contributed by atoms with Gasteiger partial charge in [-0.05, 0) is 28.1 Å². The van der Waals surface area contributed by atoms with E-state index in [1.807, 2.05) is 0 Å². The number of hydrogen-bond donors (Lipinski definition) is 0. The van der Waals surface area contributed by atoms with Crippen molar-refractivity contribution in [1.29, 1.82) is 5.26 Å². The summed E-state index contributed by atoms with van der Waals surface area (Å²) < 4.78 is 18.5. The molecule has 0 bridgehead atoms. The van der Waals surface area contributed by atoms with E-state index in [2.05, 4.69) is 15.9 Å². The molecule has 1 atom stereocenters. The van der Waals surface area contributed by atoms with E-state index in [1.165, 1.54) is 25.3 Å². The first-order valence-electron chi connectivity index (χ1n) is 3.56. The van der Waals surface area contributed by atoms with E-state index in [0.717, 1.165) is 0 Å². The van der Waals surface area contributed by atoms with E-state index < -0.39 is 6.17 Å². The summed E-state index contributed by atoms with van der Waals surface area (Å²) in [7, 11) is 1.52. The first-order chi connectivity index (χ1) is 6.19. The summed E-state index contributed by atoms with van der Waals surface area (Å²) in [5, 5.41) is 8.33. The lowest BCUT2D eigenvalue weighted by atomic mass is 10.1. The van der Waals surface area contributed by atoms with E-state index >= 15 is 0 Å². The number of methoxy groups -OCH3 is 1. The summed E-state index contributed by atoms with van der Waals surface area (Å²) >= 11 is 3.20. The molecule has 4 heteroatoms. The topological polar surface area (TPSA) is 33.0 Å².